The first-order valence-electron chi connectivity index (χ1n) is 6.70. The lowest BCUT2D eigenvalue weighted by atomic mass is 10.1. The van der Waals surface area contributed by atoms with E-state index in [1.54, 1.807) is 0 Å². The van der Waals surface area contributed by atoms with Gasteiger partial charge in [0, 0.05) is 0 Å². The predicted molar refractivity (Wildman–Crippen MR) is 67.2 cm³/mol. The van der Waals surface area contributed by atoms with Crippen molar-refractivity contribution in [2.24, 2.45) is 0 Å². The minimum Gasteiger partial charge on any atom is -0.393 e. The van der Waals surface area contributed by atoms with Gasteiger partial charge in [0.25, 0.3) is 0 Å². The van der Waals surface area contributed by atoms with Crippen molar-refractivity contribution in [2.75, 3.05) is 13.1 Å². The van der Waals surface area contributed by atoms with Crippen molar-refractivity contribution in [3.63, 3.8) is 0 Å². The van der Waals surface area contributed by atoms with Crippen LogP contribution in [0.4, 0.5) is 0 Å². The van der Waals surface area contributed by atoms with Gasteiger partial charge in [0.15, 0.2) is 0 Å². The molecule has 0 aromatic heterocycles. The maximum absolute atomic E-state index is 9.16. The largest absolute Gasteiger partial charge is 0.393 e. The molecule has 1 saturated heterocycles. The van der Waals surface area contributed by atoms with Crippen LogP contribution >= 0.6 is 0 Å². The molecule has 0 aliphatic carbocycles. The lowest BCUT2D eigenvalue weighted by Crippen LogP contribution is -2.03. The SMILES string of the molecule is C1CCNC1.CCCCCCC(O)CC. The number of unbranched alkanes of at least 4 members (excludes halogenated alkanes) is 3. The van der Waals surface area contributed by atoms with Gasteiger partial charge in [-0.05, 0) is 38.8 Å². The quantitative estimate of drug-likeness (QED) is 0.667. The standard InChI is InChI=1S/C9H20O.C4H9N/c1-3-5-6-7-8-9(10)4-2;1-2-4-5-3-1/h9-10H,3-8H2,1-2H3;5H,1-4H2. The number of nitrogens with one attached hydrogen (secondary N) is 1. The van der Waals surface area contributed by atoms with Crippen molar-refractivity contribution in [3.05, 3.63) is 0 Å². The summed E-state index contributed by atoms with van der Waals surface area (Å²) < 4.78 is 0. The molecule has 0 aromatic carbocycles. The maximum Gasteiger partial charge on any atom is 0.0537 e. The highest BCUT2D eigenvalue weighted by Crippen LogP contribution is 2.06. The summed E-state index contributed by atoms with van der Waals surface area (Å²) in [6.07, 6.45) is 9.72. The van der Waals surface area contributed by atoms with Crippen molar-refractivity contribution in [2.45, 2.75) is 71.3 Å². The Bertz CT molecular complexity index is 105. The molecule has 1 fully saturated rings. The fourth-order valence-electron chi connectivity index (χ4n) is 1.64. The van der Waals surface area contributed by atoms with Crippen molar-refractivity contribution < 1.29 is 5.11 Å². The molecule has 0 radical (unpaired) electrons. The smallest absolute Gasteiger partial charge is 0.0537 e. The molecule has 2 nitrogen and oxygen atoms in total. The number of aliphatic hydroxyl groups excluding tert-OH is 1. The Morgan fingerprint density at radius 3 is 2.13 bits per heavy atom. The highest BCUT2D eigenvalue weighted by molar-refractivity contribution is 4.55. The summed E-state index contributed by atoms with van der Waals surface area (Å²) in [6.45, 7) is 6.74. The Labute approximate surface area is 95.5 Å². The minimum absolute atomic E-state index is 0.0446. The minimum atomic E-state index is -0.0446. The average molecular weight is 215 g/mol. The van der Waals surface area contributed by atoms with Gasteiger partial charge in [0.05, 0.1) is 6.10 Å². The molecule has 1 rings (SSSR count). The van der Waals surface area contributed by atoms with Crippen LogP contribution in [0.3, 0.4) is 0 Å². The average Bonchev–Trinajstić information content (AvgIpc) is 2.82. The normalized spacial score (nSPS) is 17.0. The topological polar surface area (TPSA) is 32.3 Å². The molecule has 0 spiro atoms. The van der Waals surface area contributed by atoms with E-state index in [0.29, 0.717) is 0 Å². The molecular weight excluding hydrogens is 186 g/mol. The van der Waals surface area contributed by atoms with E-state index in [2.05, 4.69) is 12.2 Å². The van der Waals surface area contributed by atoms with Crippen LogP contribution in [0.1, 0.15) is 65.2 Å². The molecule has 1 aliphatic rings. The third-order valence-electron chi connectivity index (χ3n) is 2.82. The van der Waals surface area contributed by atoms with Gasteiger partial charge in [0.2, 0.25) is 0 Å². The Kier molecular flexibility index (Phi) is 11.9. The second-order valence-electron chi connectivity index (χ2n) is 4.37. The van der Waals surface area contributed by atoms with Crippen LogP contribution in [-0.4, -0.2) is 24.3 Å². The van der Waals surface area contributed by atoms with E-state index in [0.717, 1.165) is 12.8 Å². The number of aliphatic hydroxyl groups is 1. The zero-order valence-electron chi connectivity index (χ0n) is 10.6. The molecule has 2 N–H and O–H groups in total. The van der Waals surface area contributed by atoms with Crippen molar-refractivity contribution in [3.8, 4) is 0 Å². The Morgan fingerprint density at radius 2 is 1.73 bits per heavy atom. The first-order valence-corrected chi connectivity index (χ1v) is 6.70. The maximum atomic E-state index is 9.16. The second-order valence-corrected chi connectivity index (χ2v) is 4.37. The van der Waals surface area contributed by atoms with Crippen LogP contribution in [0.25, 0.3) is 0 Å². The van der Waals surface area contributed by atoms with Crippen molar-refractivity contribution in [1.29, 1.82) is 0 Å². The van der Waals surface area contributed by atoms with E-state index in [-0.39, 0.29) is 6.10 Å². The molecule has 0 saturated carbocycles. The third kappa shape index (κ3) is 11.8. The second kappa shape index (κ2) is 12.0. The van der Waals surface area contributed by atoms with Gasteiger partial charge in [-0.3, -0.25) is 0 Å². The van der Waals surface area contributed by atoms with Gasteiger partial charge in [0.1, 0.15) is 0 Å². The van der Waals surface area contributed by atoms with Gasteiger partial charge in [-0.1, -0.05) is 39.5 Å². The van der Waals surface area contributed by atoms with Gasteiger partial charge in [-0.25, -0.2) is 0 Å². The Balaban J connectivity index is 0.000000322. The molecule has 1 unspecified atom stereocenters. The van der Waals surface area contributed by atoms with Gasteiger partial charge < -0.3 is 10.4 Å². The number of hydrogen-bond acceptors (Lipinski definition) is 2. The summed E-state index contributed by atoms with van der Waals surface area (Å²) in [4.78, 5) is 0. The molecular formula is C13H29NO. The molecule has 1 atom stereocenters. The van der Waals surface area contributed by atoms with Crippen LogP contribution in [0, 0.1) is 0 Å². The summed E-state index contributed by atoms with van der Waals surface area (Å²) >= 11 is 0. The monoisotopic (exact) mass is 215 g/mol. The predicted octanol–water partition coefficient (Wildman–Crippen LogP) is 3.10. The van der Waals surface area contributed by atoms with E-state index >= 15 is 0 Å². The lowest BCUT2D eigenvalue weighted by Gasteiger charge is -2.05. The van der Waals surface area contributed by atoms with E-state index in [9.17, 15) is 0 Å². The van der Waals surface area contributed by atoms with Gasteiger partial charge in [-0.15, -0.1) is 0 Å². The molecule has 1 aliphatic heterocycles. The number of hydrogen-bond donors (Lipinski definition) is 2. The highest BCUT2D eigenvalue weighted by Gasteiger charge is 1.98. The van der Waals surface area contributed by atoms with Crippen molar-refractivity contribution in [1.82, 2.24) is 5.32 Å². The molecule has 15 heavy (non-hydrogen) atoms. The lowest BCUT2D eigenvalue weighted by molar-refractivity contribution is 0.156. The molecule has 0 bridgehead atoms. The molecule has 1 heterocycles. The third-order valence-corrected chi connectivity index (χ3v) is 2.82. The first kappa shape index (κ1) is 14.9. The zero-order valence-corrected chi connectivity index (χ0v) is 10.6. The summed E-state index contributed by atoms with van der Waals surface area (Å²) in [5.74, 6) is 0. The van der Waals surface area contributed by atoms with E-state index in [4.69, 9.17) is 5.11 Å². The molecule has 2 heteroatoms. The fraction of sp³-hybridized carbons (Fsp3) is 1.00. The molecule has 0 amide bonds. The van der Waals surface area contributed by atoms with Crippen LogP contribution in [0.5, 0.6) is 0 Å². The molecule has 0 aromatic rings. The summed E-state index contributed by atoms with van der Waals surface area (Å²) in [6, 6.07) is 0. The fourth-order valence-corrected chi connectivity index (χ4v) is 1.64. The Morgan fingerprint density at radius 1 is 1.07 bits per heavy atom. The van der Waals surface area contributed by atoms with Gasteiger partial charge in [-0.2, -0.15) is 0 Å². The van der Waals surface area contributed by atoms with E-state index in [1.807, 2.05) is 6.92 Å². The van der Waals surface area contributed by atoms with Gasteiger partial charge >= 0.3 is 0 Å². The summed E-state index contributed by atoms with van der Waals surface area (Å²) in [5, 5.41) is 12.4. The first-order chi connectivity index (χ1) is 7.31. The number of rotatable bonds is 6. The van der Waals surface area contributed by atoms with Crippen LogP contribution in [0.2, 0.25) is 0 Å². The van der Waals surface area contributed by atoms with Crippen molar-refractivity contribution >= 4 is 0 Å². The van der Waals surface area contributed by atoms with Crippen LogP contribution < -0.4 is 5.32 Å². The van der Waals surface area contributed by atoms with E-state index in [1.165, 1.54) is 51.6 Å². The van der Waals surface area contributed by atoms with E-state index < -0.39 is 0 Å². The van der Waals surface area contributed by atoms with Crippen LogP contribution in [-0.2, 0) is 0 Å². The summed E-state index contributed by atoms with van der Waals surface area (Å²) in [5.41, 5.74) is 0. The highest BCUT2D eigenvalue weighted by atomic mass is 16.3. The Hall–Kier alpha value is -0.0800. The van der Waals surface area contributed by atoms with Crippen LogP contribution in [0.15, 0.2) is 0 Å². The summed E-state index contributed by atoms with van der Waals surface area (Å²) in [7, 11) is 0. The molecule has 92 valence electrons. The zero-order chi connectivity index (χ0) is 11.4.